The highest BCUT2D eigenvalue weighted by Gasteiger charge is 2.33. The molecule has 2 aromatic carbocycles. The fourth-order valence-corrected chi connectivity index (χ4v) is 7.12. The number of hydrogen-bond acceptors (Lipinski definition) is 8. The maximum Gasteiger partial charge on any atom is 0.420 e. The van der Waals surface area contributed by atoms with Crippen LogP contribution in [0.15, 0.2) is 48.7 Å². The predicted octanol–water partition coefficient (Wildman–Crippen LogP) is 8.46. The lowest BCUT2D eigenvalue weighted by Crippen LogP contribution is -2.36. The molecule has 1 unspecified atom stereocenters. The molecule has 0 bridgehead atoms. The standard InChI is InChI=1S/C40H45F2N5O7S/c1-22-35(23(2)46(44-22)19-24-14-27(41)17-28(42)15-24)31-20-45(38(49)54-40(6,7)8)37-30(31)18-29(36(43-37)25-10-11-25)26-12-13-33(52-9)32(16-26)47(55(50)51)21-34(48)53-39(3,4)5/h12-18,20,25H,10-11,19,21H2,1-9H3,(H,50,51). The zero-order valence-electron chi connectivity index (χ0n) is 32.3. The third-order valence-electron chi connectivity index (χ3n) is 8.91. The van der Waals surface area contributed by atoms with Gasteiger partial charge in [0.1, 0.15) is 40.8 Å². The Hall–Kier alpha value is -5.15. The molecular weight excluding hydrogens is 733 g/mol. The van der Waals surface area contributed by atoms with Crippen LogP contribution in [0.5, 0.6) is 5.75 Å². The van der Waals surface area contributed by atoms with Gasteiger partial charge in [-0.3, -0.25) is 18.3 Å². The van der Waals surface area contributed by atoms with Crippen LogP contribution in [0.3, 0.4) is 0 Å². The van der Waals surface area contributed by atoms with E-state index in [0.717, 1.165) is 28.9 Å². The lowest BCUT2D eigenvalue weighted by Gasteiger charge is -2.25. The molecule has 0 aliphatic heterocycles. The van der Waals surface area contributed by atoms with Crippen molar-refractivity contribution >= 4 is 40.0 Å². The minimum Gasteiger partial charge on any atom is -0.495 e. The Balaban J connectivity index is 1.55. The van der Waals surface area contributed by atoms with Crippen molar-refractivity contribution < 1.29 is 41.3 Å². The maximum atomic E-state index is 14.1. The number of esters is 1. The number of halogens is 2. The van der Waals surface area contributed by atoms with E-state index in [1.54, 1.807) is 70.6 Å². The summed E-state index contributed by atoms with van der Waals surface area (Å²) in [5, 5.41) is 5.33. The van der Waals surface area contributed by atoms with E-state index in [9.17, 15) is 27.1 Å². The van der Waals surface area contributed by atoms with Crippen LogP contribution in [0.1, 0.15) is 82.9 Å². The van der Waals surface area contributed by atoms with Crippen molar-refractivity contribution in [1.29, 1.82) is 0 Å². The molecule has 0 amide bonds. The fraction of sp³-hybridized carbons (Fsp3) is 0.400. The Morgan fingerprint density at radius 2 is 1.62 bits per heavy atom. The van der Waals surface area contributed by atoms with Gasteiger partial charge in [0.25, 0.3) is 11.3 Å². The number of hydrogen-bond donors (Lipinski definition) is 1. The first-order chi connectivity index (χ1) is 25.7. The summed E-state index contributed by atoms with van der Waals surface area (Å²) in [5.41, 5.74) is 4.00. The Morgan fingerprint density at radius 3 is 2.20 bits per heavy atom. The molecule has 0 radical (unpaired) electrons. The fourth-order valence-electron chi connectivity index (χ4n) is 6.59. The molecule has 0 spiro atoms. The van der Waals surface area contributed by atoms with E-state index in [1.807, 2.05) is 19.9 Å². The molecule has 1 fully saturated rings. The first-order valence-electron chi connectivity index (χ1n) is 17.8. The number of ether oxygens (including phenoxy) is 3. The third-order valence-corrected chi connectivity index (χ3v) is 9.61. The van der Waals surface area contributed by atoms with Gasteiger partial charge in [-0.1, -0.05) is 6.07 Å². The second-order valence-electron chi connectivity index (χ2n) is 15.7. The zero-order valence-corrected chi connectivity index (χ0v) is 33.1. The molecule has 0 saturated heterocycles. The van der Waals surface area contributed by atoms with Crippen molar-refractivity contribution in [2.45, 2.75) is 91.9 Å². The first-order valence-corrected chi connectivity index (χ1v) is 18.9. The number of anilines is 1. The van der Waals surface area contributed by atoms with Crippen LogP contribution in [0.25, 0.3) is 33.3 Å². The van der Waals surface area contributed by atoms with E-state index in [2.05, 4.69) is 0 Å². The van der Waals surface area contributed by atoms with Crippen LogP contribution in [0.4, 0.5) is 19.3 Å². The minimum absolute atomic E-state index is 0.0816. The van der Waals surface area contributed by atoms with Gasteiger partial charge in [-0.25, -0.2) is 27.3 Å². The smallest absolute Gasteiger partial charge is 0.420 e. The monoisotopic (exact) mass is 777 g/mol. The number of methoxy groups -OCH3 is 1. The first kappa shape index (κ1) is 39.5. The molecule has 1 aliphatic rings. The quantitative estimate of drug-likeness (QED) is 0.109. The number of nitrogens with zero attached hydrogens (tertiary/aromatic N) is 5. The van der Waals surface area contributed by atoms with Crippen LogP contribution in [-0.2, 0) is 32.1 Å². The van der Waals surface area contributed by atoms with Gasteiger partial charge in [0.2, 0.25) is 0 Å². The van der Waals surface area contributed by atoms with Gasteiger partial charge >= 0.3 is 12.1 Å². The van der Waals surface area contributed by atoms with Gasteiger partial charge in [-0.15, -0.1) is 0 Å². The summed E-state index contributed by atoms with van der Waals surface area (Å²) in [5.74, 6) is -1.75. The van der Waals surface area contributed by atoms with Gasteiger partial charge in [-0.05, 0) is 110 Å². The summed E-state index contributed by atoms with van der Waals surface area (Å²) in [6.45, 7) is 13.7. The van der Waals surface area contributed by atoms with E-state index >= 15 is 0 Å². The lowest BCUT2D eigenvalue weighted by atomic mass is 9.97. The molecular formula is C40H45F2N5O7S. The molecule has 6 rings (SSSR count). The molecule has 292 valence electrons. The molecule has 3 heterocycles. The largest absolute Gasteiger partial charge is 0.495 e. The molecule has 1 atom stereocenters. The Kier molecular flexibility index (Phi) is 10.7. The average molecular weight is 778 g/mol. The van der Waals surface area contributed by atoms with Crippen LogP contribution >= 0.6 is 0 Å². The highest BCUT2D eigenvalue weighted by atomic mass is 32.2. The predicted molar refractivity (Wildman–Crippen MR) is 205 cm³/mol. The molecule has 55 heavy (non-hydrogen) atoms. The summed E-state index contributed by atoms with van der Waals surface area (Å²) in [6.07, 6.45) is 2.78. The van der Waals surface area contributed by atoms with Crippen LogP contribution in [0, 0.1) is 25.5 Å². The van der Waals surface area contributed by atoms with E-state index in [-0.39, 0.29) is 23.9 Å². The lowest BCUT2D eigenvalue weighted by molar-refractivity contribution is -0.152. The summed E-state index contributed by atoms with van der Waals surface area (Å²) < 4.78 is 72.2. The number of fused-ring (bicyclic) bond motifs is 1. The number of carbonyl (C=O) groups excluding carboxylic acids is 2. The van der Waals surface area contributed by atoms with Crippen molar-refractivity contribution in [2.75, 3.05) is 18.0 Å². The summed E-state index contributed by atoms with van der Waals surface area (Å²) in [6, 6.07) is 10.4. The van der Waals surface area contributed by atoms with Crippen molar-refractivity contribution in [1.82, 2.24) is 19.3 Å². The molecule has 15 heteroatoms. The second-order valence-corrected chi connectivity index (χ2v) is 16.6. The van der Waals surface area contributed by atoms with Gasteiger partial charge in [0, 0.05) is 46.0 Å². The molecule has 3 aromatic heterocycles. The van der Waals surface area contributed by atoms with E-state index in [0.29, 0.717) is 50.2 Å². The molecule has 1 N–H and O–H groups in total. The molecule has 1 saturated carbocycles. The van der Waals surface area contributed by atoms with Crippen LogP contribution in [-0.4, -0.2) is 65.0 Å². The van der Waals surface area contributed by atoms with Gasteiger partial charge in [-0.2, -0.15) is 5.10 Å². The number of benzene rings is 2. The van der Waals surface area contributed by atoms with Crippen LogP contribution < -0.4 is 9.04 Å². The minimum atomic E-state index is -2.63. The van der Waals surface area contributed by atoms with Gasteiger partial charge in [0.15, 0.2) is 0 Å². The Morgan fingerprint density at radius 1 is 0.964 bits per heavy atom. The summed E-state index contributed by atoms with van der Waals surface area (Å²) in [7, 11) is 1.43. The maximum absolute atomic E-state index is 14.1. The van der Waals surface area contributed by atoms with E-state index in [1.165, 1.54) is 23.8 Å². The average Bonchev–Trinajstić information content (AvgIpc) is 3.79. The van der Waals surface area contributed by atoms with E-state index in [4.69, 9.17) is 24.3 Å². The third kappa shape index (κ3) is 8.73. The topological polar surface area (TPSA) is 138 Å². The molecule has 5 aromatic rings. The normalized spacial score (nSPS) is 13.9. The number of aryl methyl sites for hydroxylation is 1. The van der Waals surface area contributed by atoms with Crippen molar-refractivity contribution in [3.05, 3.63) is 82.9 Å². The second kappa shape index (κ2) is 14.8. The Bertz CT molecular complexity index is 2320. The zero-order chi connectivity index (χ0) is 40.1. The number of carbonyl (C=O) groups is 2. The Labute approximate surface area is 320 Å². The summed E-state index contributed by atoms with van der Waals surface area (Å²) >= 11 is -2.63. The number of pyridine rings is 1. The number of rotatable bonds is 10. The highest BCUT2D eigenvalue weighted by Crippen LogP contribution is 2.47. The van der Waals surface area contributed by atoms with Crippen molar-refractivity contribution in [3.63, 3.8) is 0 Å². The van der Waals surface area contributed by atoms with Gasteiger partial charge < -0.3 is 14.2 Å². The molecule has 12 nitrogen and oxygen atoms in total. The SMILES string of the molecule is COc1ccc(-c2cc3c(-c4c(C)nn(Cc5cc(F)cc(F)c5)c4C)cn(C(=O)OC(C)(C)C)c3nc2C2CC2)cc1N(CC(=O)OC(C)(C)C)S(=O)O. The van der Waals surface area contributed by atoms with Crippen molar-refractivity contribution in [2.24, 2.45) is 0 Å². The summed E-state index contributed by atoms with van der Waals surface area (Å²) in [4.78, 5) is 31.8. The van der Waals surface area contributed by atoms with E-state index < -0.39 is 52.7 Å². The van der Waals surface area contributed by atoms with Crippen LogP contribution in [0.2, 0.25) is 0 Å². The number of aromatic nitrogens is 4. The van der Waals surface area contributed by atoms with Gasteiger partial charge in [0.05, 0.1) is 30.7 Å². The van der Waals surface area contributed by atoms with Crippen molar-refractivity contribution in [3.8, 4) is 28.0 Å². The molecule has 1 aliphatic carbocycles. The highest BCUT2D eigenvalue weighted by molar-refractivity contribution is 7.80.